The van der Waals surface area contributed by atoms with Crippen molar-refractivity contribution in [1.29, 1.82) is 0 Å². The molecule has 1 saturated heterocycles. The molecule has 1 fully saturated rings. The molecule has 2 N–H and O–H groups in total. The van der Waals surface area contributed by atoms with E-state index in [-0.39, 0.29) is 54.2 Å². The number of Topliss-reactive ketones (excluding diaryl/α,β-unsaturated/α-hetero) is 1. The Morgan fingerprint density at radius 3 is 2.43 bits per heavy atom. The van der Waals surface area contributed by atoms with E-state index in [9.17, 15) is 19.2 Å². The van der Waals surface area contributed by atoms with Crippen molar-refractivity contribution in [3.05, 3.63) is 88.5 Å². The first-order chi connectivity index (χ1) is 22.7. The first-order valence-corrected chi connectivity index (χ1v) is 16.6. The lowest BCUT2D eigenvalue weighted by Gasteiger charge is -2.34. The first kappa shape index (κ1) is 34.0. The molecule has 3 atom stereocenters. The summed E-state index contributed by atoms with van der Waals surface area (Å²) in [7, 11) is 2.00. The van der Waals surface area contributed by atoms with Crippen molar-refractivity contribution in [1.82, 2.24) is 30.2 Å². The van der Waals surface area contributed by atoms with E-state index in [1.807, 2.05) is 26.1 Å². The van der Waals surface area contributed by atoms with Gasteiger partial charge in [-0.25, -0.2) is 4.39 Å². The minimum absolute atomic E-state index is 0.132. The first-order valence-electron chi connectivity index (χ1n) is 16.6. The number of carbonyl (C=O) groups is 4. The number of amides is 3. The Morgan fingerprint density at radius 2 is 1.72 bits per heavy atom. The number of benzene rings is 2. The summed E-state index contributed by atoms with van der Waals surface area (Å²) in [6, 6.07) is 12.7. The van der Waals surface area contributed by atoms with Crippen LogP contribution in [0.5, 0.6) is 0 Å². The van der Waals surface area contributed by atoms with Crippen LogP contribution in [0.15, 0.2) is 54.7 Å². The van der Waals surface area contributed by atoms with Crippen LogP contribution in [0.3, 0.4) is 0 Å². The van der Waals surface area contributed by atoms with Gasteiger partial charge in [-0.3, -0.25) is 23.9 Å². The second kappa shape index (κ2) is 15.5. The van der Waals surface area contributed by atoms with Crippen LogP contribution in [-0.2, 0) is 46.6 Å². The molecule has 1 aromatic heterocycles. The van der Waals surface area contributed by atoms with Crippen LogP contribution in [0.1, 0.15) is 59.4 Å². The minimum atomic E-state index is -0.817. The van der Waals surface area contributed by atoms with Crippen LogP contribution in [0.4, 0.5) is 4.39 Å². The molecule has 250 valence electrons. The van der Waals surface area contributed by atoms with Gasteiger partial charge in [-0.05, 0) is 73.5 Å². The van der Waals surface area contributed by atoms with Crippen LogP contribution in [-0.4, -0.2) is 88.4 Å². The van der Waals surface area contributed by atoms with Crippen LogP contribution >= 0.6 is 0 Å². The molecule has 0 bridgehead atoms. The zero-order valence-corrected chi connectivity index (χ0v) is 27.5. The molecular formula is C36H45FN6O4. The number of halogens is 1. The van der Waals surface area contributed by atoms with E-state index in [0.717, 1.165) is 25.1 Å². The number of ketones is 1. The predicted octanol–water partition coefficient (Wildman–Crippen LogP) is 2.97. The van der Waals surface area contributed by atoms with Gasteiger partial charge in [0.1, 0.15) is 17.6 Å². The molecule has 2 aromatic carbocycles. The number of aryl methyl sites for hydroxylation is 2. The Kier molecular flexibility index (Phi) is 11.2. The molecule has 5 rings (SSSR count). The molecule has 3 aromatic rings. The number of rotatable bonds is 12. The molecule has 1 aliphatic carbocycles. The molecule has 0 spiro atoms. The van der Waals surface area contributed by atoms with E-state index in [0.29, 0.717) is 43.7 Å². The van der Waals surface area contributed by atoms with Crippen molar-refractivity contribution in [2.24, 2.45) is 5.92 Å². The fourth-order valence-electron chi connectivity index (χ4n) is 6.60. The Bertz CT molecular complexity index is 1600. The standard InChI is InChI=1S/C36H45FN6O4/c1-4-33(45)39-30(36(47)42-18-16-41(3)17-19-42)21-24-10-11-27(29(37)20-24)23-32(44)34(40-35(46)31-14-15-38-43(31)5-2)28-13-12-25-8-6-7-9-26(25)22-28/h6-11,14-15,20,28,30,34H,4-5,12-13,16-19,21-23H2,1-3H3,(H,39,45)(H,40,46)/t28?,30-,34?/m1/s1. The Balaban J connectivity index is 1.32. The van der Waals surface area contributed by atoms with Gasteiger partial charge < -0.3 is 20.4 Å². The van der Waals surface area contributed by atoms with Crippen molar-refractivity contribution in [3.8, 4) is 0 Å². The highest BCUT2D eigenvalue weighted by molar-refractivity contribution is 5.97. The van der Waals surface area contributed by atoms with Crippen molar-refractivity contribution in [2.45, 2.75) is 71.0 Å². The molecule has 1 aliphatic heterocycles. The smallest absolute Gasteiger partial charge is 0.270 e. The number of carbonyl (C=O) groups excluding carboxylic acids is 4. The summed E-state index contributed by atoms with van der Waals surface area (Å²) >= 11 is 0. The maximum atomic E-state index is 15.6. The SMILES string of the molecule is CCC(=O)N[C@H](Cc1ccc(CC(=O)C(NC(=O)c2ccnn2CC)C2CCc3ccccc3C2)c(F)c1)C(=O)N1CCN(C)CC1. The highest BCUT2D eigenvalue weighted by atomic mass is 19.1. The molecule has 2 heterocycles. The summed E-state index contributed by atoms with van der Waals surface area (Å²) < 4.78 is 17.2. The molecule has 47 heavy (non-hydrogen) atoms. The second-order valence-electron chi connectivity index (χ2n) is 12.6. The number of nitrogens with one attached hydrogen (secondary N) is 2. The van der Waals surface area contributed by atoms with E-state index in [1.54, 1.807) is 40.9 Å². The normalized spacial score (nSPS) is 17.8. The van der Waals surface area contributed by atoms with Gasteiger partial charge >= 0.3 is 0 Å². The summed E-state index contributed by atoms with van der Waals surface area (Å²) in [5.74, 6) is -1.80. The van der Waals surface area contributed by atoms with Gasteiger partial charge in [-0.2, -0.15) is 5.10 Å². The number of piperazine rings is 1. The Morgan fingerprint density at radius 1 is 0.979 bits per heavy atom. The fourth-order valence-corrected chi connectivity index (χ4v) is 6.60. The lowest BCUT2D eigenvalue weighted by Crippen LogP contribution is -2.54. The Hall–Kier alpha value is -4.38. The monoisotopic (exact) mass is 644 g/mol. The molecule has 0 radical (unpaired) electrons. The zero-order valence-electron chi connectivity index (χ0n) is 27.5. The van der Waals surface area contributed by atoms with Crippen LogP contribution < -0.4 is 10.6 Å². The van der Waals surface area contributed by atoms with Gasteiger partial charge in [-0.1, -0.05) is 43.3 Å². The number of hydrogen-bond donors (Lipinski definition) is 2. The third-order valence-corrected chi connectivity index (χ3v) is 9.43. The van der Waals surface area contributed by atoms with Gasteiger partial charge in [0.05, 0.1) is 6.04 Å². The maximum Gasteiger partial charge on any atom is 0.270 e. The number of fused-ring (bicyclic) bond motifs is 1. The average Bonchev–Trinajstić information content (AvgIpc) is 3.57. The lowest BCUT2D eigenvalue weighted by atomic mass is 9.78. The molecule has 0 saturated carbocycles. The van der Waals surface area contributed by atoms with Crippen LogP contribution in [0.2, 0.25) is 0 Å². The highest BCUT2D eigenvalue weighted by Crippen LogP contribution is 2.29. The molecule has 10 nitrogen and oxygen atoms in total. The largest absolute Gasteiger partial charge is 0.344 e. The Labute approximate surface area is 275 Å². The quantitative estimate of drug-likeness (QED) is 0.313. The summed E-state index contributed by atoms with van der Waals surface area (Å²) in [4.78, 5) is 56.9. The molecule has 11 heteroatoms. The summed E-state index contributed by atoms with van der Waals surface area (Å²) in [6.07, 6.45) is 3.86. The van der Waals surface area contributed by atoms with E-state index in [2.05, 4.69) is 32.8 Å². The second-order valence-corrected chi connectivity index (χ2v) is 12.6. The summed E-state index contributed by atoms with van der Waals surface area (Å²) in [5.41, 5.74) is 3.52. The molecule has 3 amide bonds. The maximum absolute atomic E-state index is 15.6. The van der Waals surface area contributed by atoms with Gasteiger partial charge in [0, 0.05) is 58.2 Å². The van der Waals surface area contributed by atoms with Crippen molar-refractivity contribution in [3.63, 3.8) is 0 Å². The lowest BCUT2D eigenvalue weighted by molar-refractivity contribution is -0.137. The van der Waals surface area contributed by atoms with Crippen LogP contribution in [0.25, 0.3) is 0 Å². The van der Waals surface area contributed by atoms with Gasteiger partial charge in [0.2, 0.25) is 11.8 Å². The topological polar surface area (TPSA) is 117 Å². The van der Waals surface area contributed by atoms with Gasteiger partial charge in [-0.15, -0.1) is 0 Å². The third kappa shape index (κ3) is 8.32. The number of nitrogens with zero attached hydrogens (tertiary/aromatic N) is 4. The van der Waals surface area contributed by atoms with Crippen molar-refractivity contribution in [2.75, 3.05) is 33.2 Å². The number of hydrogen-bond acceptors (Lipinski definition) is 6. The number of aromatic nitrogens is 2. The zero-order chi connectivity index (χ0) is 33.5. The van der Waals surface area contributed by atoms with E-state index >= 15 is 4.39 Å². The van der Waals surface area contributed by atoms with E-state index < -0.39 is 17.9 Å². The molecular weight excluding hydrogens is 599 g/mol. The van der Waals surface area contributed by atoms with E-state index in [1.165, 1.54) is 11.6 Å². The van der Waals surface area contributed by atoms with Gasteiger partial charge in [0.25, 0.3) is 5.91 Å². The van der Waals surface area contributed by atoms with Gasteiger partial charge in [0.15, 0.2) is 5.78 Å². The molecule has 2 aliphatic rings. The molecule has 2 unspecified atom stereocenters. The average molecular weight is 645 g/mol. The van der Waals surface area contributed by atoms with E-state index in [4.69, 9.17) is 0 Å². The van der Waals surface area contributed by atoms with Crippen LogP contribution in [0, 0.1) is 11.7 Å². The van der Waals surface area contributed by atoms with Crippen molar-refractivity contribution < 1.29 is 23.6 Å². The third-order valence-electron chi connectivity index (χ3n) is 9.43. The summed E-state index contributed by atoms with van der Waals surface area (Å²) in [6.45, 7) is 6.73. The number of likely N-dealkylation sites (N-methyl/N-ethyl adjacent to an activating group) is 1. The van der Waals surface area contributed by atoms with Crippen molar-refractivity contribution >= 4 is 23.5 Å². The predicted molar refractivity (Wildman–Crippen MR) is 176 cm³/mol. The highest BCUT2D eigenvalue weighted by Gasteiger charge is 2.34. The fraction of sp³-hybridized carbons (Fsp3) is 0.472. The minimum Gasteiger partial charge on any atom is -0.344 e. The summed E-state index contributed by atoms with van der Waals surface area (Å²) in [5, 5.41) is 10.00.